The Kier molecular flexibility index (Phi) is 2.13. The first kappa shape index (κ1) is 7.81. The van der Waals surface area contributed by atoms with Crippen LogP contribution >= 0.6 is 0 Å². The molecule has 0 aromatic rings. The zero-order chi connectivity index (χ0) is 8.39. The van der Waals surface area contributed by atoms with Crippen molar-refractivity contribution in [2.45, 2.75) is 6.92 Å². The van der Waals surface area contributed by atoms with Gasteiger partial charge in [0.25, 0.3) is 0 Å². The summed E-state index contributed by atoms with van der Waals surface area (Å²) in [5, 5.41) is 0. The molecule has 1 heterocycles. The molecular formula is C11H14O. The van der Waals surface area contributed by atoms with Gasteiger partial charge in [-0.1, -0.05) is 37.3 Å². The van der Waals surface area contributed by atoms with Gasteiger partial charge in [0, 0.05) is 5.92 Å². The van der Waals surface area contributed by atoms with Crippen LogP contribution in [0.15, 0.2) is 36.0 Å². The minimum atomic E-state index is 0.539. The van der Waals surface area contributed by atoms with Gasteiger partial charge in [0.2, 0.25) is 0 Å². The lowest BCUT2D eigenvalue weighted by Crippen LogP contribution is -1.99. The van der Waals surface area contributed by atoms with Crippen molar-refractivity contribution in [2.75, 3.05) is 13.2 Å². The second kappa shape index (κ2) is 3.28. The molecule has 12 heavy (non-hydrogen) atoms. The summed E-state index contributed by atoms with van der Waals surface area (Å²) in [7, 11) is 0. The fraction of sp³-hybridized carbons (Fsp3) is 0.455. The predicted molar refractivity (Wildman–Crippen MR) is 49.8 cm³/mol. The Labute approximate surface area is 73.4 Å². The summed E-state index contributed by atoms with van der Waals surface area (Å²) in [5.41, 5.74) is 1.41. The van der Waals surface area contributed by atoms with Crippen molar-refractivity contribution >= 4 is 0 Å². The van der Waals surface area contributed by atoms with Gasteiger partial charge in [0.1, 0.15) is 0 Å². The summed E-state index contributed by atoms with van der Waals surface area (Å²) in [5.74, 6) is 1.10. The maximum absolute atomic E-state index is 5.38. The average molecular weight is 162 g/mol. The van der Waals surface area contributed by atoms with E-state index < -0.39 is 0 Å². The standard InChI is InChI=1S/C11H14O/c1-9-3-2-4-10-7-12-8-11(10)6-5-9/h2-6,9,11H,7-8H2,1H3/b3-2-,6-5-,10-4-/t9-,11+/m0/s1. The Hall–Kier alpha value is -0.820. The van der Waals surface area contributed by atoms with E-state index in [1.807, 2.05) is 0 Å². The highest BCUT2D eigenvalue weighted by molar-refractivity contribution is 5.25. The van der Waals surface area contributed by atoms with E-state index in [1.165, 1.54) is 5.57 Å². The van der Waals surface area contributed by atoms with Gasteiger partial charge < -0.3 is 4.74 Å². The molecule has 0 N–H and O–H groups in total. The van der Waals surface area contributed by atoms with Gasteiger partial charge in [0.15, 0.2) is 0 Å². The number of fused-ring (bicyclic) bond motifs is 1. The quantitative estimate of drug-likeness (QED) is 0.497. The van der Waals surface area contributed by atoms with Crippen molar-refractivity contribution in [2.24, 2.45) is 11.8 Å². The number of allylic oxidation sites excluding steroid dienone is 4. The molecule has 1 fully saturated rings. The van der Waals surface area contributed by atoms with E-state index in [0.717, 1.165) is 13.2 Å². The molecule has 1 aliphatic heterocycles. The van der Waals surface area contributed by atoms with Gasteiger partial charge in [-0.3, -0.25) is 0 Å². The number of hydrogen-bond acceptors (Lipinski definition) is 1. The Morgan fingerprint density at radius 2 is 2.25 bits per heavy atom. The Morgan fingerprint density at radius 3 is 3.17 bits per heavy atom. The molecule has 2 aliphatic rings. The number of ether oxygens (including phenoxy) is 1. The molecule has 0 unspecified atom stereocenters. The monoisotopic (exact) mass is 162 g/mol. The zero-order valence-corrected chi connectivity index (χ0v) is 7.36. The van der Waals surface area contributed by atoms with Crippen molar-refractivity contribution in [1.82, 2.24) is 0 Å². The molecule has 1 heteroatoms. The highest BCUT2D eigenvalue weighted by Crippen LogP contribution is 2.23. The third kappa shape index (κ3) is 1.51. The predicted octanol–water partition coefficient (Wildman–Crippen LogP) is 2.32. The molecule has 0 radical (unpaired) electrons. The second-order valence-corrected chi connectivity index (χ2v) is 3.49. The molecule has 0 saturated carbocycles. The Balaban J connectivity index is 2.25. The minimum Gasteiger partial charge on any atom is -0.376 e. The maximum atomic E-state index is 5.38. The molecule has 64 valence electrons. The Bertz CT molecular complexity index is 248. The van der Waals surface area contributed by atoms with Crippen LogP contribution in [0.3, 0.4) is 0 Å². The fourth-order valence-electron chi connectivity index (χ4n) is 1.60. The first-order valence-corrected chi connectivity index (χ1v) is 4.49. The molecule has 2 atom stereocenters. The molecule has 0 spiro atoms. The van der Waals surface area contributed by atoms with Crippen LogP contribution in [0.1, 0.15) is 6.92 Å². The van der Waals surface area contributed by atoms with Crippen molar-refractivity contribution in [1.29, 1.82) is 0 Å². The number of rotatable bonds is 0. The third-order valence-corrected chi connectivity index (χ3v) is 2.41. The van der Waals surface area contributed by atoms with Crippen LogP contribution in [0, 0.1) is 11.8 Å². The third-order valence-electron chi connectivity index (χ3n) is 2.41. The van der Waals surface area contributed by atoms with E-state index in [-0.39, 0.29) is 0 Å². The van der Waals surface area contributed by atoms with Crippen LogP contribution in [0.25, 0.3) is 0 Å². The summed E-state index contributed by atoms with van der Waals surface area (Å²) in [6.07, 6.45) is 11.1. The van der Waals surface area contributed by atoms with E-state index in [1.54, 1.807) is 0 Å². The summed E-state index contributed by atoms with van der Waals surface area (Å²) in [4.78, 5) is 0. The largest absolute Gasteiger partial charge is 0.376 e. The van der Waals surface area contributed by atoms with Gasteiger partial charge in [-0.05, 0) is 11.5 Å². The van der Waals surface area contributed by atoms with E-state index in [2.05, 4.69) is 37.3 Å². The van der Waals surface area contributed by atoms with Gasteiger partial charge >= 0.3 is 0 Å². The van der Waals surface area contributed by atoms with Crippen LogP contribution < -0.4 is 0 Å². The SMILES string of the molecule is C[C@H]1/C=C\C=C2\COC[C@H]2/C=C\1. The molecule has 2 rings (SSSR count). The molecule has 0 aromatic heterocycles. The minimum absolute atomic E-state index is 0.539. The van der Waals surface area contributed by atoms with E-state index >= 15 is 0 Å². The molecule has 0 bridgehead atoms. The molecular weight excluding hydrogens is 148 g/mol. The summed E-state index contributed by atoms with van der Waals surface area (Å²) >= 11 is 0. The van der Waals surface area contributed by atoms with Gasteiger partial charge in [-0.15, -0.1) is 0 Å². The van der Waals surface area contributed by atoms with Crippen LogP contribution in [-0.2, 0) is 4.74 Å². The second-order valence-electron chi connectivity index (χ2n) is 3.49. The topological polar surface area (TPSA) is 9.23 Å². The first-order valence-electron chi connectivity index (χ1n) is 4.49. The number of hydrogen-bond donors (Lipinski definition) is 0. The smallest absolute Gasteiger partial charge is 0.0686 e. The molecule has 1 saturated heterocycles. The van der Waals surface area contributed by atoms with Crippen LogP contribution in [-0.4, -0.2) is 13.2 Å². The van der Waals surface area contributed by atoms with Gasteiger partial charge in [-0.25, -0.2) is 0 Å². The Morgan fingerprint density at radius 1 is 1.33 bits per heavy atom. The van der Waals surface area contributed by atoms with Crippen LogP contribution in [0.2, 0.25) is 0 Å². The highest BCUT2D eigenvalue weighted by atomic mass is 16.5. The van der Waals surface area contributed by atoms with Crippen molar-refractivity contribution in [3.05, 3.63) is 36.0 Å². The fourth-order valence-corrected chi connectivity index (χ4v) is 1.60. The summed E-state index contributed by atoms with van der Waals surface area (Å²) < 4.78 is 5.38. The van der Waals surface area contributed by atoms with Crippen molar-refractivity contribution in [3.63, 3.8) is 0 Å². The molecule has 1 nitrogen and oxygen atoms in total. The van der Waals surface area contributed by atoms with Crippen molar-refractivity contribution in [3.8, 4) is 0 Å². The highest BCUT2D eigenvalue weighted by Gasteiger charge is 2.18. The van der Waals surface area contributed by atoms with Crippen molar-refractivity contribution < 1.29 is 4.74 Å². The van der Waals surface area contributed by atoms with Crippen LogP contribution in [0.4, 0.5) is 0 Å². The lowest BCUT2D eigenvalue weighted by atomic mass is 9.97. The zero-order valence-electron chi connectivity index (χ0n) is 7.36. The normalized spacial score (nSPS) is 43.6. The van der Waals surface area contributed by atoms with Gasteiger partial charge in [-0.2, -0.15) is 0 Å². The molecule has 1 aliphatic carbocycles. The molecule has 0 aromatic carbocycles. The average Bonchev–Trinajstić information content (AvgIpc) is 2.45. The maximum Gasteiger partial charge on any atom is 0.0686 e. The molecule has 0 amide bonds. The summed E-state index contributed by atoms with van der Waals surface area (Å²) in [6, 6.07) is 0. The van der Waals surface area contributed by atoms with E-state index in [4.69, 9.17) is 4.74 Å². The first-order chi connectivity index (χ1) is 5.86. The lowest BCUT2D eigenvalue weighted by Gasteiger charge is -2.07. The van der Waals surface area contributed by atoms with E-state index in [9.17, 15) is 0 Å². The van der Waals surface area contributed by atoms with E-state index in [0.29, 0.717) is 11.8 Å². The van der Waals surface area contributed by atoms with Crippen LogP contribution in [0.5, 0.6) is 0 Å². The summed E-state index contributed by atoms with van der Waals surface area (Å²) in [6.45, 7) is 3.87. The van der Waals surface area contributed by atoms with Gasteiger partial charge in [0.05, 0.1) is 13.2 Å². The lowest BCUT2D eigenvalue weighted by molar-refractivity contribution is 0.195.